The molecule has 2 rings (SSSR count). The van der Waals surface area contributed by atoms with E-state index in [1.54, 1.807) is 41.9 Å². The molecule has 1 fully saturated rings. The molecule has 4 heteroatoms. The molecule has 1 heterocycles. The van der Waals surface area contributed by atoms with Gasteiger partial charge in [0, 0.05) is 18.8 Å². The number of nitrogens with zero attached hydrogens (tertiary/aromatic N) is 1. The summed E-state index contributed by atoms with van der Waals surface area (Å²) in [6.45, 7) is 0. The van der Waals surface area contributed by atoms with Crippen LogP contribution in [0.5, 0.6) is 5.75 Å². The summed E-state index contributed by atoms with van der Waals surface area (Å²) in [6.07, 6.45) is 2.08. The van der Waals surface area contributed by atoms with Crippen molar-refractivity contribution >= 4 is 23.4 Å². The van der Waals surface area contributed by atoms with Crippen LogP contribution in [0.15, 0.2) is 24.3 Å². The Kier molecular flexibility index (Phi) is 3.39. The van der Waals surface area contributed by atoms with Gasteiger partial charge in [0.25, 0.3) is 0 Å². The van der Waals surface area contributed by atoms with Crippen molar-refractivity contribution in [3.8, 4) is 5.75 Å². The Morgan fingerprint density at radius 2 is 2.38 bits per heavy atom. The fourth-order valence-corrected chi connectivity index (χ4v) is 3.07. The van der Waals surface area contributed by atoms with Gasteiger partial charge in [-0.05, 0) is 30.7 Å². The summed E-state index contributed by atoms with van der Waals surface area (Å²) in [4.78, 5) is 13.7. The Labute approximate surface area is 99.5 Å². The van der Waals surface area contributed by atoms with Gasteiger partial charge < -0.3 is 10.0 Å². The van der Waals surface area contributed by atoms with Crippen LogP contribution in [0, 0.1) is 0 Å². The summed E-state index contributed by atoms with van der Waals surface area (Å²) >= 11 is 1.72. The minimum absolute atomic E-state index is 0.0901. The average Bonchev–Trinajstić information content (AvgIpc) is 2.80. The number of thioether (sulfide) groups is 1. The number of carbonyl (C=O) groups excluding carboxylic acids is 1. The summed E-state index contributed by atoms with van der Waals surface area (Å²) in [6, 6.07) is 6.79. The minimum atomic E-state index is 0.0901. The smallest absolute Gasteiger partial charge is 0.239 e. The van der Waals surface area contributed by atoms with Crippen LogP contribution in [0.25, 0.3) is 0 Å². The van der Waals surface area contributed by atoms with E-state index in [9.17, 15) is 9.90 Å². The molecule has 0 radical (unpaired) electrons. The first-order valence-corrected chi connectivity index (χ1v) is 6.41. The topological polar surface area (TPSA) is 40.5 Å². The van der Waals surface area contributed by atoms with Gasteiger partial charge in [-0.1, -0.05) is 6.07 Å². The first-order valence-electron chi connectivity index (χ1n) is 5.36. The number of rotatable bonds is 2. The maximum atomic E-state index is 12.1. The normalized spacial score (nSPS) is 19.7. The molecule has 0 spiro atoms. The van der Waals surface area contributed by atoms with Gasteiger partial charge in [-0.15, -0.1) is 11.8 Å². The SMILES string of the molecule is CN(C(=O)C1CCCS1)c1cccc(O)c1. The van der Waals surface area contributed by atoms with Crippen molar-refractivity contribution in [3.63, 3.8) is 0 Å². The van der Waals surface area contributed by atoms with Crippen molar-refractivity contribution in [2.45, 2.75) is 18.1 Å². The number of anilines is 1. The third-order valence-corrected chi connectivity index (χ3v) is 4.12. The summed E-state index contributed by atoms with van der Waals surface area (Å²) in [7, 11) is 1.76. The Hall–Kier alpha value is -1.16. The number of amides is 1. The van der Waals surface area contributed by atoms with Crippen LogP contribution in [-0.4, -0.2) is 29.1 Å². The van der Waals surface area contributed by atoms with Gasteiger partial charge >= 0.3 is 0 Å². The van der Waals surface area contributed by atoms with E-state index in [4.69, 9.17) is 0 Å². The van der Waals surface area contributed by atoms with E-state index in [1.807, 2.05) is 6.07 Å². The standard InChI is InChI=1S/C12H15NO2S/c1-13(9-4-2-5-10(14)8-9)12(15)11-6-3-7-16-11/h2,4-5,8,11,14H,3,6-7H2,1H3. The molecule has 1 aromatic carbocycles. The third-order valence-electron chi connectivity index (χ3n) is 2.75. The molecule has 1 aliphatic heterocycles. The second-order valence-corrected chi connectivity index (χ2v) is 5.23. The van der Waals surface area contributed by atoms with Gasteiger partial charge in [-0.3, -0.25) is 4.79 Å². The van der Waals surface area contributed by atoms with Crippen LogP contribution in [0.2, 0.25) is 0 Å². The number of phenols is 1. The summed E-state index contributed by atoms with van der Waals surface area (Å²) in [5, 5.41) is 9.46. The lowest BCUT2D eigenvalue weighted by atomic mass is 10.2. The fourth-order valence-electron chi connectivity index (χ4n) is 1.82. The van der Waals surface area contributed by atoms with Crippen molar-refractivity contribution in [3.05, 3.63) is 24.3 Å². The molecule has 0 aromatic heterocycles. The monoisotopic (exact) mass is 237 g/mol. The van der Waals surface area contributed by atoms with Crippen LogP contribution in [0.1, 0.15) is 12.8 Å². The van der Waals surface area contributed by atoms with E-state index in [-0.39, 0.29) is 16.9 Å². The summed E-state index contributed by atoms with van der Waals surface area (Å²) in [5.41, 5.74) is 0.748. The second-order valence-electron chi connectivity index (χ2n) is 3.92. The molecule has 1 saturated heterocycles. The van der Waals surface area contributed by atoms with Crippen molar-refractivity contribution in [1.82, 2.24) is 0 Å². The molecule has 1 amide bonds. The molecule has 0 bridgehead atoms. The first-order chi connectivity index (χ1) is 7.68. The number of hydrogen-bond acceptors (Lipinski definition) is 3. The van der Waals surface area contributed by atoms with Crippen molar-refractivity contribution in [1.29, 1.82) is 0 Å². The molecule has 1 aliphatic rings. The molecule has 16 heavy (non-hydrogen) atoms. The van der Waals surface area contributed by atoms with Gasteiger partial charge in [0.2, 0.25) is 5.91 Å². The maximum Gasteiger partial charge on any atom is 0.239 e. The zero-order valence-electron chi connectivity index (χ0n) is 9.22. The minimum Gasteiger partial charge on any atom is -0.508 e. The van der Waals surface area contributed by atoms with E-state index in [2.05, 4.69) is 0 Å². The lowest BCUT2D eigenvalue weighted by molar-refractivity contribution is -0.117. The molecule has 3 nitrogen and oxygen atoms in total. The van der Waals surface area contributed by atoms with Gasteiger partial charge in [0.15, 0.2) is 0 Å². The fraction of sp³-hybridized carbons (Fsp3) is 0.417. The van der Waals surface area contributed by atoms with Gasteiger partial charge in [0.1, 0.15) is 5.75 Å². The molecule has 1 unspecified atom stereocenters. The van der Waals surface area contributed by atoms with Crippen molar-refractivity contribution < 1.29 is 9.90 Å². The lowest BCUT2D eigenvalue weighted by Gasteiger charge is -2.20. The number of benzene rings is 1. The van der Waals surface area contributed by atoms with E-state index in [1.165, 1.54) is 0 Å². The number of phenolic OH excluding ortho intramolecular Hbond substituents is 1. The maximum absolute atomic E-state index is 12.1. The molecule has 1 N–H and O–H groups in total. The summed E-state index contributed by atoms with van der Waals surface area (Å²) < 4.78 is 0. The van der Waals surface area contributed by atoms with Gasteiger partial charge in [-0.25, -0.2) is 0 Å². The van der Waals surface area contributed by atoms with Crippen LogP contribution in [-0.2, 0) is 4.79 Å². The number of hydrogen-bond donors (Lipinski definition) is 1. The Morgan fingerprint density at radius 1 is 1.56 bits per heavy atom. The zero-order valence-corrected chi connectivity index (χ0v) is 10.0. The molecule has 86 valence electrons. The molecule has 1 aromatic rings. The van der Waals surface area contributed by atoms with E-state index in [0.717, 1.165) is 24.3 Å². The highest BCUT2D eigenvalue weighted by molar-refractivity contribution is 8.00. The van der Waals surface area contributed by atoms with E-state index < -0.39 is 0 Å². The van der Waals surface area contributed by atoms with Crippen LogP contribution in [0.4, 0.5) is 5.69 Å². The Balaban J connectivity index is 2.11. The molecule has 0 aliphatic carbocycles. The number of aromatic hydroxyl groups is 1. The molecule has 1 atom stereocenters. The molecular weight excluding hydrogens is 222 g/mol. The highest BCUT2D eigenvalue weighted by Gasteiger charge is 2.26. The molecular formula is C12H15NO2S. The van der Waals surface area contributed by atoms with Gasteiger partial charge in [-0.2, -0.15) is 0 Å². The predicted molar refractivity (Wildman–Crippen MR) is 67.0 cm³/mol. The Morgan fingerprint density at radius 3 is 3.00 bits per heavy atom. The molecule has 0 saturated carbocycles. The van der Waals surface area contributed by atoms with E-state index >= 15 is 0 Å². The predicted octanol–water partition coefficient (Wildman–Crippen LogP) is 2.25. The quantitative estimate of drug-likeness (QED) is 0.857. The third kappa shape index (κ3) is 2.32. The Bertz CT molecular complexity index is 388. The second kappa shape index (κ2) is 4.78. The largest absolute Gasteiger partial charge is 0.508 e. The van der Waals surface area contributed by atoms with Crippen LogP contribution in [0.3, 0.4) is 0 Å². The summed E-state index contributed by atoms with van der Waals surface area (Å²) in [5.74, 6) is 1.40. The van der Waals surface area contributed by atoms with Crippen molar-refractivity contribution in [2.75, 3.05) is 17.7 Å². The van der Waals surface area contributed by atoms with Crippen molar-refractivity contribution in [2.24, 2.45) is 0 Å². The lowest BCUT2D eigenvalue weighted by Crippen LogP contribution is -2.33. The van der Waals surface area contributed by atoms with Crippen LogP contribution < -0.4 is 4.90 Å². The van der Waals surface area contributed by atoms with Gasteiger partial charge in [0.05, 0.1) is 5.25 Å². The first kappa shape index (κ1) is 11.3. The zero-order chi connectivity index (χ0) is 11.5. The van der Waals surface area contributed by atoms with Crippen LogP contribution >= 0.6 is 11.8 Å². The number of carbonyl (C=O) groups is 1. The highest BCUT2D eigenvalue weighted by atomic mass is 32.2. The van der Waals surface area contributed by atoms with E-state index in [0.29, 0.717) is 0 Å². The highest BCUT2D eigenvalue weighted by Crippen LogP contribution is 2.29. The average molecular weight is 237 g/mol.